The first-order valence-electron chi connectivity index (χ1n) is 10.4. The number of urea groups is 1. The third-order valence-electron chi connectivity index (χ3n) is 4.79. The molecule has 12 heteroatoms. The number of benzene rings is 2. The van der Waals surface area contributed by atoms with Gasteiger partial charge in [0.2, 0.25) is 17.7 Å². The van der Waals surface area contributed by atoms with Gasteiger partial charge in [-0.25, -0.2) is 4.79 Å². The summed E-state index contributed by atoms with van der Waals surface area (Å²) in [6.45, 7) is -3.17. The van der Waals surface area contributed by atoms with Gasteiger partial charge in [0.05, 0.1) is 13.7 Å². The molecule has 10 nitrogen and oxygen atoms in total. The Labute approximate surface area is 198 Å². The highest BCUT2D eigenvalue weighted by Crippen LogP contribution is 2.33. The summed E-state index contributed by atoms with van der Waals surface area (Å²) in [6, 6.07) is 10.2. The zero-order chi connectivity index (χ0) is 25.4. The van der Waals surface area contributed by atoms with E-state index in [9.17, 15) is 28.0 Å². The summed E-state index contributed by atoms with van der Waals surface area (Å²) in [7, 11) is 1.31. The van der Waals surface area contributed by atoms with Crippen molar-refractivity contribution in [3.63, 3.8) is 0 Å². The minimum Gasteiger partial charge on any atom is -0.493 e. The summed E-state index contributed by atoms with van der Waals surface area (Å²) in [5, 5.41) is 7.61. The zero-order valence-corrected chi connectivity index (χ0v) is 18.5. The van der Waals surface area contributed by atoms with Gasteiger partial charge < -0.3 is 25.4 Å². The number of carbonyl (C=O) groups excluding carboxylic acids is 4. The average Bonchev–Trinajstić information content (AvgIpc) is 3.15. The Balaban J connectivity index is 1.54. The van der Waals surface area contributed by atoms with E-state index < -0.39 is 24.5 Å². The molecule has 0 bridgehead atoms. The van der Waals surface area contributed by atoms with Crippen LogP contribution in [0.15, 0.2) is 48.5 Å². The molecule has 1 aliphatic rings. The summed E-state index contributed by atoms with van der Waals surface area (Å²) in [4.78, 5) is 48.3. The van der Waals surface area contributed by atoms with Crippen LogP contribution in [0.25, 0.3) is 6.08 Å². The van der Waals surface area contributed by atoms with E-state index in [2.05, 4.69) is 20.7 Å². The molecule has 0 unspecified atom stereocenters. The van der Waals surface area contributed by atoms with Crippen LogP contribution in [0.4, 0.5) is 25.0 Å². The lowest BCUT2D eigenvalue weighted by atomic mass is 10.1. The summed E-state index contributed by atoms with van der Waals surface area (Å²) >= 11 is 0. The van der Waals surface area contributed by atoms with Crippen LogP contribution in [0.3, 0.4) is 0 Å². The Hall–Kier alpha value is -4.48. The van der Waals surface area contributed by atoms with E-state index in [-0.39, 0.29) is 42.5 Å². The highest BCUT2D eigenvalue weighted by molar-refractivity contribution is 6.03. The number of carbonyl (C=O) groups is 4. The molecule has 0 aromatic heterocycles. The number of amides is 5. The number of halogens is 2. The standard InChI is InChI=1S/C23H22F2N4O6/c1-34-17-4-2-3-14(21(17)35-22(24)25)5-10-18(30)27-15-6-8-16(9-7-15)28-19(31)11-12-29-20(32)13-26-23(29)33/h2-10,22H,11-13H2,1H3,(H,26,33)(H,27,30)(H,28,31). The van der Waals surface area contributed by atoms with Gasteiger partial charge in [0, 0.05) is 36.0 Å². The predicted molar refractivity (Wildman–Crippen MR) is 122 cm³/mol. The van der Waals surface area contributed by atoms with E-state index in [1.54, 1.807) is 30.3 Å². The number of rotatable bonds is 10. The Bertz CT molecular complexity index is 1120. The largest absolute Gasteiger partial charge is 0.493 e. The number of hydrogen-bond donors (Lipinski definition) is 3. The van der Waals surface area contributed by atoms with Crippen LogP contribution in [-0.2, 0) is 14.4 Å². The highest BCUT2D eigenvalue weighted by atomic mass is 19.3. The van der Waals surface area contributed by atoms with Gasteiger partial charge in [-0.15, -0.1) is 0 Å². The number of hydrogen-bond acceptors (Lipinski definition) is 6. The van der Waals surface area contributed by atoms with Gasteiger partial charge in [-0.2, -0.15) is 8.78 Å². The second-order valence-corrected chi connectivity index (χ2v) is 7.16. The third kappa shape index (κ3) is 7.00. The van der Waals surface area contributed by atoms with Gasteiger partial charge >= 0.3 is 12.6 Å². The first-order valence-corrected chi connectivity index (χ1v) is 10.4. The second kappa shape index (κ2) is 11.6. The van der Waals surface area contributed by atoms with Crippen LogP contribution in [0.5, 0.6) is 11.5 Å². The number of nitrogens with zero attached hydrogens (tertiary/aromatic N) is 1. The molecule has 35 heavy (non-hydrogen) atoms. The van der Waals surface area contributed by atoms with E-state index in [1.807, 2.05) is 0 Å². The fraction of sp³-hybridized carbons (Fsp3) is 0.217. The second-order valence-electron chi connectivity index (χ2n) is 7.16. The molecule has 1 aliphatic heterocycles. The molecule has 0 saturated carbocycles. The number of anilines is 2. The molecule has 3 rings (SSSR count). The molecule has 1 fully saturated rings. The summed E-state index contributed by atoms with van der Waals surface area (Å²) in [6.07, 6.45) is 2.40. The molecule has 0 spiro atoms. The average molecular weight is 488 g/mol. The van der Waals surface area contributed by atoms with Crippen molar-refractivity contribution in [2.45, 2.75) is 13.0 Å². The monoisotopic (exact) mass is 488 g/mol. The van der Waals surface area contributed by atoms with Crippen LogP contribution in [0, 0.1) is 0 Å². The predicted octanol–water partition coefficient (Wildman–Crippen LogP) is 2.83. The van der Waals surface area contributed by atoms with Gasteiger partial charge in [0.25, 0.3) is 0 Å². The molecule has 5 amide bonds. The number of imide groups is 1. The lowest BCUT2D eigenvalue weighted by Crippen LogP contribution is -2.33. The quantitative estimate of drug-likeness (QED) is 0.349. The fourth-order valence-corrected chi connectivity index (χ4v) is 3.14. The molecule has 3 N–H and O–H groups in total. The van der Waals surface area contributed by atoms with Gasteiger partial charge in [-0.3, -0.25) is 19.3 Å². The lowest BCUT2D eigenvalue weighted by molar-refractivity contribution is -0.125. The van der Waals surface area contributed by atoms with Crippen molar-refractivity contribution in [1.29, 1.82) is 0 Å². The van der Waals surface area contributed by atoms with Crippen LogP contribution in [0.2, 0.25) is 0 Å². The Morgan fingerprint density at radius 2 is 1.80 bits per heavy atom. The zero-order valence-electron chi connectivity index (χ0n) is 18.5. The SMILES string of the molecule is COc1cccc(C=CC(=O)Nc2ccc(NC(=O)CCN3C(=O)CNC3=O)cc2)c1OC(F)F. The molecule has 1 heterocycles. The third-order valence-corrected chi connectivity index (χ3v) is 4.79. The van der Waals surface area contributed by atoms with Crippen molar-refractivity contribution >= 4 is 41.2 Å². The van der Waals surface area contributed by atoms with Crippen molar-refractivity contribution in [3.05, 3.63) is 54.1 Å². The van der Waals surface area contributed by atoms with Crippen molar-refractivity contribution in [2.75, 3.05) is 30.8 Å². The minimum absolute atomic E-state index is 0.0334. The number of methoxy groups -OCH3 is 1. The van der Waals surface area contributed by atoms with Crippen molar-refractivity contribution in [2.24, 2.45) is 0 Å². The number of para-hydroxylation sites is 1. The van der Waals surface area contributed by atoms with Gasteiger partial charge in [-0.05, 0) is 36.4 Å². The van der Waals surface area contributed by atoms with E-state index in [0.717, 1.165) is 11.0 Å². The number of alkyl halides is 2. The summed E-state index contributed by atoms with van der Waals surface area (Å²) in [5.74, 6) is -1.40. The first-order chi connectivity index (χ1) is 16.8. The molecule has 0 aliphatic carbocycles. The summed E-state index contributed by atoms with van der Waals surface area (Å²) < 4.78 is 35.0. The van der Waals surface area contributed by atoms with Crippen LogP contribution in [-0.4, -0.2) is 55.5 Å². The number of nitrogens with one attached hydrogen (secondary N) is 3. The van der Waals surface area contributed by atoms with E-state index >= 15 is 0 Å². The van der Waals surface area contributed by atoms with Gasteiger partial charge in [0.1, 0.15) is 0 Å². The van der Waals surface area contributed by atoms with Crippen molar-refractivity contribution in [1.82, 2.24) is 10.2 Å². The molecule has 2 aromatic rings. The van der Waals surface area contributed by atoms with Crippen molar-refractivity contribution in [3.8, 4) is 11.5 Å². The van der Waals surface area contributed by atoms with Crippen molar-refractivity contribution < 1.29 is 37.4 Å². The normalized spacial score (nSPS) is 13.2. The molecule has 184 valence electrons. The van der Waals surface area contributed by atoms with Gasteiger partial charge in [0.15, 0.2) is 11.5 Å². The van der Waals surface area contributed by atoms with E-state index in [1.165, 1.54) is 25.3 Å². The molecule has 2 aromatic carbocycles. The lowest BCUT2D eigenvalue weighted by Gasteiger charge is -2.12. The minimum atomic E-state index is -3.06. The maximum atomic E-state index is 12.7. The maximum Gasteiger partial charge on any atom is 0.387 e. The Morgan fingerprint density at radius 1 is 1.11 bits per heavy atom. The topological polar surface area (TPSA) is 126 Å². The Morgan fingerprint density at radius 3 is 2.40 bits per heavy atom. The highest BCUT2D eigenvalue weighted by Gasteiger charge is 2.28. The first kappa shape index (κ1) is 25.1. The van der Waals surface area contributed by atoms with Crippen LogP contribution < -0.4 is 25.4 Å². The van der Waals surface area contributed by atoms with Crippen LogP contribution >= 0.6 is 0 Å². The maximum absolute atomic E-state index is 12.7. The Kier molecular flexibility index (Phi) is 8.33. The van der Waals surface area contributed by atoms with Crippen LogP contribution in [0.1, 0.15) is 12.0 Å². The van der Waals surface area contributed by atoms with Gasteiger partial charge in [-0.1, -0.05) is 12.1 Å². The molecule has 0 atom stereocenters. The fourth-order valence-electron chi connectivity index (χ4n) is 3.14. The molecular weight excluding hydrogens is 466 g/mol. The summed E-state index contributed by atoms with van der Waals surface area (Å²) in [5.41, 5.74) is 1.10. The number of ether oxygens (including phenoxy) is 2. The smallest absolute Gasteiger partial charge is 0.387 e. The van der Waals surface area contributed by atoms with E-state index in [0.29, 0.717) is 11.4 Å². The molecule has 0 radical (unpaired) electrons. The molecule has 1 saturated heterocycles. The molecular formula is C23H22F2N4O6. The van der Waals surface area contributed by atoms with E-state index in [4.69, 9.17) is 4.74 Å².